The molecule has 0 aliphatic heterocycles. The molecule has 0 saturated carbocycles. The van der Waals surface area contributed by atoms with Gasteiger partial charge in [-0.1, -0.05) is 6.92 Å². The first kappa shape index (κ1) is 11.5. The van der Waals surface area contributed by atoms with Gasteiger partial charge in [-0.25, -0.2) is 15.0 Å². The normalized spacial score (nSPS) is 16.6. The van der Waals surface area contributed by atoms with Gasteiger partial charge in [-0.2, -0.15) is 5.10 Å². The summed E-state index contributed by atoms with van der Waals surface area (Å²) in [6.45, 7) is 2.20. The smallest absolute Gasteiger partial charge is 0.228 e. The minimum atomic E-state index is 0.446. The van der Waals surface area contributed by atoms with E-state index in [1.54, 1.807) is 29.8 Å². The zero-order valence-electron chi connectivity index (χ0n) is 10.8. The van der Waals surface area contributed by atoms with E-state index in [-0.39, 0.29) is 0 Å². The molecule has 2 N–H and O–H groups in total. The Bertz CT molecular complexity index is 747. The van der Waals surface area contributed by atoms with Crippen LogP contribution in [0.25, 0.3) is 11.3 Å². The van der Waals surface area contributed by atoms with E-state index in [9.17, 15) is 0 Å². The summed E-state index contributed by atoms with van der Waals surface area (Å²) < 4.78 is 0. The van der Waals surface area contributed by atoms with Crippen LogP contribution in [0.2, 0.25) is 0 Å². The summed E-state index contributed by atoms with van der Waals surface area (Å²) in [6.07, 6.45) is 6.25. The third-order valence-corrected chi connectivity index (χ3v) is 4.38. The van der Waals surface area contributed by atoms with Gasteiger partial charge in [-0.15, -0.1) is 11.3 Å². The molecule has 1 unspecified atom stereocenters. The van der Waals surface area contributed by atoms with Gasteiger partial charge < -0.3 is 5.32 Å². The molecule has 7 heteroatoms. The van der Waals surface area contributed by atoms with Crippen molar-refractivity contribution in [2.45, 2.75) is 19.3 Å². The largest absolute Gasteiger partial charge is 0.300 e. The Morgan fingerprint density at radius 1 is 1.35 bits per heavy atom. The average molecular weight is 284 g/mol. The molecule has 0 spiro atoms. The monoisotopic (exact) mass is 284 g/mol. The van der Waals surface area contributed by atoms with Gasteiger partial charge in [0, 0.05) is 34.4 Å². The Hall–Kier alpha value is -2.28. The van der Waals surface area contributed by atoms with E-state index in [1.165, 1.54) is 10.6 Å². The number of fused-ring (bicyclic) bond motifs is 3. The lowest BCUT2D eigenvalue weighted by Crippen LogP contribution is -2.06. The zero-order chi connectivity index (χ0) is 13.5. The van der Waals surface area contributed by atoms with Crippen LogP contribution in [0, 0.1) is 0 Å². The summed E-state index contributed by atoms with van der Waals surface area (Å²) in [4.78, 5) is 14.3. The molecule has 3 aromatic heterocycles. The van der Waals surface area contributed by atoms with E-state index >= 15 is 0 Å². The fourth-order valence-corrected chi connectivity index (χ4v) is 3.55. The highest BCUT2D eigenvalue weighted by Crippen LogP contribution is 2.42. The van der Waals surface area contributed by atoms with Crippen LogP contribution >= 0.6 is 11.3 Å². The molecule has 0 amide bonds. The highest BCUT2D eigenvalue weighted by Gasteiger charge is 2.27. The van der Waals surface area contributed by atoms with Crippen molar-refractivity contribution in [1.82, 2.24) is 25.1 Å². The molecule has 4 rings (SSSR count). The molecule has 0 aromatic carbocycles. The standard InChI is InChI=1S/C13H12N6S/c1-7-5-9-11(8-6-16-19-10(7)8)17-13(20-9)18-12-14-3-2-4-15-12/h2-4,6-7H,5H2,1H3,(H,16,19)(H,14,15,17,18). The van der Waals surface area contributed by atoms with Gasteiger partial charge in [-0.05, 0) is 12.5 Å². The molecule has 1 aliphatic carbocycles. The molecular formula is C13H12N6S. The third kappa shape index (κ3) is 1.78. The zero-order valence-corrected chi connectivity index (χ0v) is 11.6. The maximum atomic E-state index is 4.66. The molecular weight excluding hydrogens is 272 g/mol. The van der Waals surface area contributed by atoms with Crippen LogP contribution < -0.4 is 5.32 Å². The van der Waals surface area contributed by atoms with E-state index in [0.717, 1.165) is 22.8 Å². The van der Waals surface area contributed by atoms with Crippen molar-refractivity contribution in [3.63, 3.8) is 0 Å². The number of nitrogens with one attached hydrogen (secondary N) is 2. The van der Waals surface area contributed by atoms with E-state index in [4.69, 9.17) is 0 Å². The van der Waals surface area contributed by atoms with Crippen molar-refractivity contribution < 1.29 is 0 Å². The summed E-state index contributed by atoms with van der Waals surface area (Å²) in [5.41, 5.74) is 3.30. The predicted molar refractivity (Wildman–Crippen MR) is 77.1 cm³/mol. The van der Waals surface area contributed by atoms with Gasteiger partial charge in [-0.3, -0.25) is 5.10 Å². The lowest BCUT2D eigenvalue weighted by molar-refractivity contribution is 0.723. The second kappa shape index (κ2) is 4.38. The average Bonchev–Trinajstić information content (AvgIpc) is 3.06. The molecule has 0 saturated heterocycles. The van der Waals surface area contributed by atoms with Crippen LogP contribution in [0.1, 0.15) is 23.4 Å². The molecule has 0 radical (unpaired) electrons. The Morgan fingerprint density at radius 2 is 2.20 bits per heavy atom. The Balaban J connectivity index is 1.72. The number of hydrogen-bond acceptors (Lipinski definition) is 6. The first-order valence-corrected chi connectivity index (χ1v) is 7.20. The first-order valence-electron chi connectivity index (χ1n) is 6.38. The van der Waals surface area contributed by atoms with E-state index in [0.29, 0.717) is 11.9 Å². The molecule has 0 fully saturated rings. The van der Waals surface area contributed by atoms with Gasteiger partial charge in [0.25, 0.3) is 0 Å². The van der Waals surface area contributed by atoms with Crippen LogP contribution in [-0.4, -0.2) is 25.1 Å². The van der Waals surface area contributed by atoms with Crippen molar-refractivity contribution in [2.75, 3.05) is 5.32 Å². The van der Waals surface area contributed by atoms with Crippen molar-refractivity contribution in [1.29, 1.82) is 0 Å². The molecule has 0 bridgehead atoms. The summed E-state index contributed by atoms with van der Waals surface area (Å²) >= 11 is 1.66. The predicted octanol–water partition coefficient (Wildman–Crippen LogP) is 2.73. The maximum absolute atomic E-state index is 4.66. The summed E-state index contributed by atoms with van der Waals surface area (Å²) in [7, 11) is 0. The van der Waals surface area contributed by atoms with E-state index in [1.807, 2.05) is 6.20 Å². The lowest BCUT2D eigenvalue weighted by atomic mass is 9.91. The topological polar surface area (TPSA) is 79.4 Å². The fourth-order valence-electron chi connectivity index (χ4n) is 2.45. The van der Waals surface area contributed by atoms with Gasteiger partial charge in [0.15, 0.2) is 5.13 Å². The number of anilines is 2. The minimum Gasteiger partial charge on any atom is -0.300 e. The second-order valence-corrected chi connectivity index (χ2v) is 5.87. The fraction of sp³-hybridized carbons (Fsp3) is 0.231. The number of aromatic nitrogens is 5. The first-order chi connectivity index (χ1) is 9.81. The SMILES string of the molecule is CC1Cc2sc(Nc3ncccn3)nc2-c2cn[nH]c21. The van der Waals surface area contributed by atoms with Crippen molar-refractivity contribution in [3.05, 3.63) is 35.2 Å². The molecule has 3 heterocycles. The highest BCUT2D eigenvalue weighted by atomic mass is 32.1. The van der Waals surface area contributed by atoms with Gasteiger partial charge in [0.2, 0.25) is 5.95 Å². The quantitative estimate of drug-likeness (QED) is 0.756. The maximum Gasteiger partial charge on any atom is 0.228 e. The minimum absolute atomic E-state index is 0.446. The van der Waals surface area contributed by atoms with Crippen LogP contribution in [0.3, 0.4) is 0 Å². The Labute approximate surface area is 119 Å². The number of H-pyrrole nitrogens is 1. The summed E-state index contributed by atoms with van der Waals surface area (Å²) in [5.74, 6) is 1.01. The van der Waals surface area contributed by atoms with Crippen molar-refractivity contribution in [3.8, 4) is 11.3 Å². The number of nitrogens with zero attached hydrogens (tertiary/aromatic N) is 4. The van der Waals surface area contributed by atoms with E-state index in [2.05, 4.69) is 37.4 Å². The number of rotatable bonds is 2. The Morgan fingerprint density at radius 3 is 3.05 bits per heavy atom. The second-order valence-electron chi connectivity index (χ2n) is 4.79. The Kier molecular flexibility index (Phi) is 2.53. The molecule has 100 valence electrons. The summed E-state index contributed by atoms with van der Waals surface area (Å²) in [5, 5.41) is 11.2. The number of hydrogen-bond donors (Lipinski definition) is 2. The van der Waals surface area contributed by atoms with Gasteiger partial charge in [0.05, 0.1) is 11.9 Å². The third-order valence-electron chi connectivity index (χ3n) is 3.39. The number of aromatic amines is 1. The van der Waals surface area contributed by atoms with Crippen molar-refractivity contribution in [2.24, 2.45) is 0 Å². The van der Waals surface area contributed by atoms with Gasteiger partial charge in [0.1, 0.15) is 0 Å². The summed E-state index contributed by atoms with van der Waals surface area (Å²) in [6, 6.07) is 1.79. The molecule has 1 aliphatic rings. The van der Waals surface area contributed by atoms with Crippen LogP contribution in [0.5, 0.6) is 0 Å². The molecule has 3 aromatic rings. The van der Waals surface area contributed by atoms with Crippen LogP contribution in [-0.2, 0) is 6.42 Å². The van der Waals surface area contributed by atoms with Gasteiger partial charge >= 0.3 is 0 Å². The van der Waals surface area contributed by atoms with Crippen LogP contribution in [0.4, 0.5) is 11.1 Å². The van der Waals surface area contributed by atoms with E-state index < -0.39 is 0 Å². The lowest BCUT2D eigenvalue weighted by Gasteiger charge is -2.16. The number of thiazole rings is 1. The molecule has 6 nitrogen and oxygen atoms in total. The molecule has 20 heavy (non-hydrogen) atoms. The van der Waals surface area contributed by atoms with Crippen LogP contribution in [0.15, 0.2) is 24.7 Å². The highest BCUT2D eigenvalue weighted by molar-refractivity contribution is 7.16. The van der Waals surface area contributed by atoms with Crippen molar-refractivity contribution >= 4 is 22.4 Å². The molecule has 1 atom stereocenters.